The minimum absolute atomic E-state index is 0.166. The predicted molar refractivity (Wildman–Crippen MR) is 131 cm³/mol. The van der Waals surface area contributed by atoms with Crippen LogP contribution in [0, 0.1) is 6.92 Å². The van der Waals surface area contributed by atoms with Crippen molar-refractivity contribution in [2.75, 3.05) is 24.7 Å². The monoisotopic (exact) mass is 447 g/mol. The molecule has 1 heterocycles. The fourth-order valence-corrected chi connectivity index (χ4v) is 4.08. The fraction of sp³-hybridized carbons (Fsp3) is 0.192. The predicted octanol–water partition coefficient (Wildman–Crippen LogP) is 6.30. The third-order valence-corrected chi connectivity index (χ3v) is 5.94. The number of nitrogen functional groups attached to an aromatic ring is 1. The number of carbonyl (C=O) groups excluding carboxylic acids is 1. The Morgan fingerprint density at radius 2 is 1.81 bits per heavy atom. The summed E-state index contributed by atoms with van der Waals surface area (Å²) in [5.41, 5.74) is 12.1. The lowest BCUT2D eigenvalue weighted by atomic mass is 9.91. The number of methoxy groups -OCH3 is 1. The summed E-state index contributed by atoms with van der Waals surface area (Å²) in [6, 6.07) is 20.6. The van der Waals surface area contributed by atoms with E-state index in [9.17, 15) is 4.79 Å². The Balaban J connectivity index is 1.69. The molecule has 0 bridgehead atoms. The zero-order valence-electron chi connectivity index (χ0n) is 18.1. The topological polar surface area (TPSA) is 67.6 Å². The Morgan fingerprint density at radius 3 is 2.50 bits per heavy atom. The van der Waals surface area contributed by atoms with E-state index in [1.807, 2.05) is 41.3 Å². The lowest BCUT2D eigenvalue weighted by Crippen LogP contribution is -2.40. The van der Waals surface area contributed by atoms with Crippen LogP contribution < -0.4 is 15.8 Å². The number of nitrogens with two attached hydrogens (primary N) is 1. The standard InChI is InChI=1S/C26H26ClN3O2/c1-17-3-12-24(28)23(15-17)19-13-14-30(26(31)29-21-8-6-20(27)7-9-21)25(16-19)18-4-10-22(32-2)11-5-18/h3-12,15-16,25H,13-14,28H2,1-2H3,(H,29,31). The molecular formula is C26H26ClN3O2. The molecule has 6 heteroatoms. The van der Waals surface area contributed by atoms with Crippen LogP contribution in [0.5, 0.6) is 5.75 Å². The smallest absolute Gasteiger partial charge is 0.322 e. The van der Waals surface area contributed by atoms with Crippen LogP contribution in [0.2, 0.25) is 5.02 Å². The number of hydrogen-bond acceptors (Lipinski definition) is 3. The Labute approximate surface area is 193 Å². The molecule has 164 valence electrons. The first-order chi connectivity index (χ1) is 15.4. The van der Waals surface area contributed by atoms with E-state index in [0.717, 1.165) is 33.7 Å². The number of amides is 2. The number of nitrogens with one attached hydrogen (secondary N) is 1. The van der Waals surface area contributed by atoms with Gasteiger partial charge in [-0.25, -0.2) is 4.79 Å². The van der Waals surface area contributed by atoms with Gasteiger partial charge in [-0.15, -0.1) is 0 Å². The van der Waals surface area contributed by atoms with Crippen molar-refractivity contribution in [2.45, 2.75) is 19.4 Å². The minimum Gasteiger partial charge on any atom is -0.497 e. The van der Waals surface area contributed by atoms with Gasteiger partial charge in [0.1, 0.15) is 5.75 Å². The largest absolute Gasteiger partial charge is 0.497 e. The molecule has 1 unspecified atom stereocenters. The van der Waals surface area contributed by atoms with Crippen molar-refractivity contribution in [3.8, 4) is 5.75 Å². The van der Waals surface area contributed by atoms with Crippen LogP contribution in [0.4, 0.5) is 16.2 Å². The normalized spacial score (nSPS) is 15.8. The Bertz CT molecular complexity index is 1140. The number of rotatable bonds is 4. The molecule has 0 fully saturated rings. The van der Waals surface area contributed by atoms with E-state index < -0.39 is 0 Å². The van der Waals surface area contributed by atoms with Gasteiger partial charge in [-0.3, -0.25) is 0 Å². The van der Waals surface area contributed by atoms with Crippen LogP contribution in [0.3, 0.4) is 0 Å². The number of nitrogens with zero attached hydrogens (tertiary/aromatic N) is 1. The van der Waals surface area contributed by atoms with Crippen LogP contribution >= 0.6 is 11.6 Å². The fourth-order valence-electron chi connectivity index (χ4n) is 3.95. The van der Waals surface area contributed by atoms with Gasteiger partial charge in [0.05, 0.1) is 13.2 Å². The van der Waals surface area contributed by atoms with Crippen molar-refractivity contribution < 1.29 is 9.53 Å². The SMILES string of the molecule is COc1ccc(C2C=C(c3cc(C)ccc3N)CCN2C(=O)Nc2ccc(Cl)cc2)cc1. The first kappa shape index (κ1) is 21.8. The van der Waals surface area contributed by atoms with E-state index in [2.05, 4.69) is 24.4 Å². The first-order valence-corrected chi connectivity index (χ1v) is 10.9. The van der Waals surface area contributed by atoms with Gasteiger partial charge < -0.3 is 20.7 Å². The maximum atomic E-state index is 13.2. The summed E-state index contributed by atoms with van der Waals surface area (Å²) in [5.74, 6) is 0.772. The van der Waals surface area contributed by atoms with E-state index in [-0.39, 0.29) is 12.1 Å². The molecule has 0 saturated heterocycles. The average Bonchev–Trinajstić information content (AvgIpc) is 2.82. The Kier molecular flexibility index (Phi) is 6.37. The van der Waals surface area contributed by atoms with E-state index in [1.165, 1.54) is 0 Å². The molecule has 1 aliphatic heterocycles. The summed E-state index contributed by atoms with van der Waals surface area (Å²) in [6.07, 6.45) is 2.85. The van der Waals surface area contributed by atoms with Crippen LogP contribution in [0.15, 0.2) is 72.8 Å². The highest BCUT2D eigenvalue weighted by atomic mass is 35.5. The number of urea groups is 1. The lowest BCUT2D eigenvalue weighted by Gasteiger charge is -2.35. The number of anilines is 2. The highest BCUT2D eigenvalue weighted by Gasteiger charge is 2.29. The van der Waals surface area contributed by atoms with Crippen molar-refractivity contribution in [3.63, 3.8) is 0 Å². The summed E-state index contributed by atoms with van der Waals surface area (Å²) in [4.78, 5) is 15.1. The third kappa shape index (κ3) is 4.73. The number of hydrogen-bond donors (Lipinski definition) is 2. The van der Waals surface area contributed by atoms with Crippen molar-refractivity contribution in [1.29, 1.82) is 0 Å². The molecular weight excluding hydrogens is 422 g/mol. The van der Waals surface area contributed by atoms with E-state index in [0.29, 0.717) is 23.7 Å². The number of carbonyl (C=O) groups is 1. The van der Waals surface area contributed by atoms with Gasteiger partial charge in [0.15, 0.2) is 0 Å². The van der Waals surface area contributed by atoms with Crippen LogP contribution in [0.1, 0.15) is 29.2 Å². The van der Waals surface area contributed by atoms with Gasteiger partial charge in [0.2, 0.25) is 0 Å². The van der Waals surface area contributed by atoms with Gasteiger partial charge in [0.25, 0.3) is 0 Å². The van der Waals surface area contributed by atoms with Crippen molar-refractivity contribution in [3.05, 3.63) is 94.5 Å². The summed E-state index contributed by atoms with van der Waals surface area (Å²) in [6.45, 7) is 2.62. The highest BCUT2D eigenvalue weighted by molar-refractivity contribution is 6.30. The molecule has 0 aliphatic carbocycles. The summed E-state index contributed by atoms with van der Waals surface area (Å²) < 4.78 is 5.30. The maximum absolute atomic E-state index is 13.2. The number of ether oxygens (including phenoxy) is 1. The zero-order valence-corrected chi connectivity index (χ0v) is 18.9. The van der Waals surface area contributed by atoms with Crippen LogP contribution in [-0.4, -0.2) is 24.6 Å². The van der Waals surface area contributed by atoms with E-state index >= 15 is 0 Å². The second-order valence-corrected chi connectivity index (χ2v) is 8.32. The van der Waals surface area contributed by atoms with Crippen LogP contribution in [0.25, 0.3) is 5.57 Å². The summed E-state index contributed by atoms with van der Waals surface area (Å²) in [7, 11) is 1.64. The minimum atomic E-state index is -0.239. The molecule has 2 amide bonds. The van der Waals surface area contributed by atoms with Crippen LogP contribution in [-0.2, 0) is 0 Å². The third-order valence-electron chi connectivity index (χ3n) is 5.69. The zero-order chi connectivity index (χ0) is 22.7. The second-order valence-electron chi connectivity index (χ2n) is 7.88. The molecule has 0 saturated carbocycles. The average molecular weight is 448 g/mol. The van der Waals surface area contributed by atoms with E-state index in [1.54, 1.807) is 31.4 Å². The van der Waals surface area contributed by atoms with Gasteiger partial charge in [-0.1, -0.05) is 41.4 Å². The van der Waals surface area contributed by atoms with Gasteiger partial charge in [0, 0.05) is 28.5 Å². The Morgan fingerprint density at radius 1 is 1.09 bits per heavy atom. The summed E-state index contributed by atoms with van der Waals surface area (Å²) >= 11 is 5.97. The van der Waals surface area contributed by atoms with Crippen molar-refractivity contribution in [2.24, 2.45) is 0 Å². The van der Waals surface area contributed by atoms with Gasteiger partial charge >= 0.3 is 6.03 Å². The number of aryl methyl sites for hydroxylation is 1. The highest BCUT2D eigenvalue weighted by Crippen LogP contribution is 2.36. The quantitative estimate of drug-likeness (QED) is 0.461. The summed E-state index contributed by atoms with van der Waals surface area (Å²) in [5, 5.41) is 3.61. The molecule has 32 heavy (non-hydrogen) atoms. The van der Waals surface area contributed by atoms with Gasteiger partial charge in [-0.05, 0) is 73.0 Å². The molecule has 0 aromatic heterocycles. The first-order valence-electron chi connectivity index (χ1n) is 10.5. The maximum Gasteiger partial charge on any atom is 0.322 e. The molecule has 0 radical (unpaired) electrons. The van der Waals surface area contributed by atoms with E-state index in [4.69, 9.17) is 22.1 Å². The molecule has 3 N–H and O–H groups in total. The lowest BCUT2D eigenvalue weighted by molar-refractivity contribution is 0.199. The molecule has 1 atom stereocenters. The number of halogens is 1. The van der Waals surface area contributed by atoms with Gasteiger partial charge in [-0.2, -0.15) is 0 Å². The molecule has 5 nitrogen and oxygen atoms in total. The molecule has 0 spiro atoms. The second kappa shape index (κ2) is 9.37. The van der Waals surface area contributed by atoms with Crippen molar-refractivity contribution in [1.82, 2.24) is 4.90 Å². The molecule has 1 aliphatic rings. The molecule has 3 aromatic rings. The molecule has 3 aromatic carbocycles. The number of benzene rings is 3. The Hall–Kier alpha value is -3.44. The van der Waals surface area contributed by atoms with Crippen molar-refractivity contribution >= 4 is 34.6 Å². The molecule has 4 rings (SSSR count).